The molecular weight excluding hydrogens is 479 g/mol. The fourth-order valence-corrected chi connectivity index (χ4v) is 5.34. The van der Waals surface area contributed by atoms with Gasteiger partial charge in [-0.1, -0.05) is 73.4 Å². The Morgan fingerprint density at radius 3 is 2.26 bits per heavy atom. The molecule has 5 rings (SSSR count). The molecule has 1 N–H and O–H groups in total. The summed E-state index contributed by atoms with van der Waals surface area (Å²) in [5.41, 5.74) is 4.60. The highest BCUT2D eigenvalue weighted by atomic mass is 35.5. The lowest BCUT2D eigenvalue weighted by Crippen LogP contribution is -2.40. The molecule has 0 radical (unpaired) electrons. The predicted octanol–water partition coefficient (Wildman–Crippen LogP) is 7.38. The number of halogens is 2. The Bertz CT molecular complexity index is 1330. The first-order valence-electron chi connectivity index (χ1n) is 11.7. The van der Waals surface area contributed by atoms with Gasteiger partial charge in [0.1, 0.15) is 0 Å². The van der Waals surface area contributed by atoms with Gasteiger partial charge in [-0.2, -0.15) is 0 Å². The standard InChI is InChI=1S/C29H26Cl2N2O2/c1-29(2)16-23-27(25(34)17-29)28(19-9-13-21(31)14-10-19)33(24-6-4-3-5-22(24)32-23)26(35)15-18-7-11-20(30)12-8-18/h3-14,28,32H,15-17H2,1-2H3. The number of hydrogen-bond donors (Lipinski definition) is 1. The number of carbonyl (C=O) groups excluding carboxylic acids is 2. The van der Waals surface area contributed by atoms with E-state index in [9.17, 15) is 9.59 Å². The third-order valence-electron chi connectivity index (χ3n) is 6.62. The van der Waals surface area contributed by atoms with Crippen LogP contribution in [-0.4, -0.2) is 11.7 Å². The van der Waals surface area contributed by atoms with Gasteiger partial charge in [0.15, 0.2) is 5.78 Å². The zero-order chi connectivity index (χ0) is 24.7. The minimum absolute atomic E-state index is 0.0563. The van der Waals surface area contributed by atoms with E-state index >= 15 is 0 Å². The molecule has 0 saturated heterocycles. The monoisotopic (exact) mass is 504 g/mol. The van der Waals surface area contributed by atoms with Crippen LogP contribution in [0, 0.1) is 5.41 Å². The fourth-order valence-electron chi connectivity index (χ4n) is 5.08. The van der Waals surface area contributed by atoms with Gasteiger partial charge in [0, 0.05) is 27.7 Å². The van der Waals surface area contributed by atoms with Gasteiger partial charge in [-0.05, 0) is 59.4 Å². The van der Waals surface area contributed by atoms with Crippen molar-refractivity contribution >= 4 is 46.3 Å². The summed E-state index contributed by atoms with van der Waals surface area (Å²) in [6, 6.07) is 21.9. The van der Waals surface area contributed by atoms with Crippen molar-refractivity contribution < 1.29 is 9.59 Å². The minimum atomic E-state index is -0.568. The van der Waals surface area contributed by atoms with Gasteiger partial charge in [0.2, 0.25) is 5.91 Å². The van der Waals surface area contributed by atoms with Gasteiger partial charge in [-0.3, -0.25) is 14.5 Å². The van der Waals surface area contributed by atoms with E-state index in [-0.39, 0.29) is 23.5 Å². The number of nitrogens with one attached hydrogen (secondary N) is 1. The third-order valence-corrected chi connectivity index (χ3v) is 7.13. The molecule has 4 nitrogen and oxygen atoms in total. The Labute approximate surface area is 215 Å². The van der Waals surface area contributed by atoms with Gasteiger partial charge in [0.25, 0.3) is 0 Å². The lowest BCUT2D eigenvalue weighted by molar-refractivity contribution is -0.119. The fraction of sp³-hybridized carbons (Fsp3) is 0.241. The van der Waals surface area contributed by atoms with E-state index in [2.05, 4.69) is 19.2 Å². The van der Waals surface area contributed by atoms with E-state index in [1.807, 2.05) is 48.5 Å². The first kappa shape index (κ1) is 23.7. The smallest absolute Gasteiger partial charge is 0.232 e. The molecule has 178 valence electrons. The van der Waals surface area contributed by atoms with Crippen LogP contribution in [0.25, 0.3) is 0 Å². The van der Waals surface area contributed by atoms with Crippen LogP contribution in [0.3, 0.4) is 0 Å². The number of fused-ring (bicyclic) bond motifs is 1. The molecule has 0 saturated carbocycles. The van der Waals surface area contributed by atoms with E-state index < -0.39 is 6.04 Å². The normalized spacial score (nSPS) is 18.9. The summed E-state index contributed by atoms with van der Waals surface area (Å²) < 4.78 is 0. The Balaban J connectivity index is 1.70. The second-order valence-electron chi connectivity index (χ2n) is 10.00. The molecule has 0 aromatic heterocycles. The lowest BCUT2D eigenvalue weighted by Gasteiger charge is -2.37. The third kappa shape index (κ3) is 4.73. The van der Waals surface area contributed by atoms with Crippen molar-refractivity contribution in [2.75, 3.05) is 10.2 Å². The molecular formula is C29H26Cl2N2O2. The summed E-state index contributed by atoms with van der Waals surface area (Å²) in [6.45, 7) is 4.21. The van der Waals surface area contributed by atoms with E-state index in [0.29, 0.717) is 28.5 Å². The highest BCUT2D eigenvalue weighted by Crippen LogP contribution is 2.48. The number of amides is 1. The molecule has 1 atom stereocenters. The van der Waals surface area contributed by atoms with Gasteiger partial charge >= 0.3 is 0 Å². The van der Waals surface area contributed by atoms with Crippen molar-refractivity contribution in [1.29, 1.82) is 0 Å². The average Bonchev–Trinajstić information content (AvgIpc) is 2.94. The molecule has 3 aromatic rings. The number of anilines is 2. The molecule has 35 heavy (non-hydrogen) atoms. The average molecular weight is 505 g/mol. The van der Waals surface area contributed by atoms with Crippen LogP contribution in [0.1, 0.15) is 43.9 Å². The van der Waals surface area contributed by atoms with E-state index in [4.69, 9.17) is 23.2 Å². The number of nitrogens with zero attached hydrogens (tertiary/aromatic N) is 1. The van der Waals surface area contributed by atoms with Crippen LogP contribution in [0.2, 0.25) is 10.0 Å². The van der Waals surface area contributed by atoms with Gasteiger partial charge in [0.05, 0.1) is 23.8 Å². The van der Waals surface area contributed by atoms with Gasteiger partial charge in [-0.15, -0.1) is 0 Å². The Morgan fingerprint density at radius 1 is 0.943 bits per heavy atom. The van der Waals surface area contributed by atoms with E-state index in [1.54, 1.807) is 29.2 Å². The molecule has 1 aliphatic carbocycles. The van der Waals surface area contributed by atoms with Crippen molar-refractivity contribution in [2.45, 2.75) is 39.2 Å². The van der Waals surface area contributed by atoms with E-state index in [0.717, 1.165) is 28.2 Å². The summed E-state index contributed by atoms with van der Waals surface area (Å²) in [5, 5.41) is 4.76. The molecule has 1 unspecified atom stereocenters. The number of rotatable bonds is 3. The summed E-state index contributed by atoms with van der Waals surface area (Å²) in [7, 11) is 0. The van der Waals surface area contributed by atoms with Gasteiger partial charge in [-0.25, -0.2) is 0 Å². The Morgan fingerprint density at radius 2 is 1.57 bits per heavy atom. The van der Waals surface area contributed by atoms with Crippen molar-refractivity contribution in [3.8, 4) is 0 Å². The molecule has 0 fully saturated rings. The maximum absolute atomic E-state index is 14.0. The number of carbonyl (C=O) groups is 2. The molecule has 0 bridgehead atoms. The van der Waals surface area contributed by atoms with Crippen molar-refractivity contribution in [3.05, 3.63) is 105 Å². The molecule has 6 heteroatoms. The predicted molar refractivity (Wildman–Crippen MR) is 142 cm³/mol. The van der Waals surface area contributed by atoms with Crippen LogP contribution in [-0.2, 0) is 16.0 Å². The van der Waals surface area contributed by atoms with E-state index in [1.165, 1.54) is 0 Å². The summed E-state index contributed by atoms with van der Waals surface area (Å²) >= 11 is 12.3. The molecule has 1 amide bonds. The topological polar surface area (TPSA) is 49.4 Å². The largest absolute Gasteiger partial charge is 0.357 e. The highest BCUT2D eigenvalue weighted by molar-refractivity contribution is 6.30. The minimum Gasteiger partial charge on any atom is -0.357 e. The number of ketones is 1. The van der Waals surface area contributed by atoms with Gasteiger partial charge < -0.3 is 5.32 Å². The summed E-state index contributed by atoms with van der Waals surface area (Å²) in [4.78, 5) is 29.5. The number of para-hydroxylation sites is 2. The Hall–Kier alpha value is -3.08. The maximum Gasteiger partial charge on any atom is 0.232 e. The number of hydrogen-bond acceptors (Lipinski definition) is 3. The number of Topliss-reactive ketones (excluding diaryl/α,β-unsaturated/α-hetero) is 1. The highest BCUT2D eigenvalue weighted by Gasteiger charge is 2.43. The number of allylic oxidation sites excluding steroid dienone is 1. The van der Waals surface area contributed by atoms with Crippen LogP contribution < -0.4 is 10.2 Å². The second kappa shape index (κ2) is 9.18. The first-order chi connectivity index (χ1) is 16.7. The maximum atomic E-state index is 14.0. The molecule has 1 aliphatic heterocycles. The zero-order valence-electron chi connectivity index (χ0n) is 19.6. The van der Waals surface area contributed by atoms with Crippen molar-refractivity contribution in [1.82, 2.24) is 0 Å². The molecule has 3 aromatic carbocycles. The van der Waals surface area contributed by atoms with Crippen molar-refractivity contribution in [2.24, 2.45) is 5.41 Å². The quantitative estimate of drug-likeness (QED) is 0.404. The first-order valence-corrected chi connectivity index (χ1v) is 12.4. The van der Waals surface area contributed by atoms with Crippen LogP contribution in [0.4, 0.5) is 11.4 Å². The van der Waals surface area contributed by atoms with Crippen LogP contribution in [0.5, 0.6) is 0 Å². The Kier molecular flexibility index (Phi) is 6.20. The zero-order valence-corrected chi connectivity index (χ0v) is 21.2. The second-order valence-corrected chi connectivity index (χ2v) is 10.9. The lowest BCUT2D eigenvalue weighted by atomic mass is 9.73. The molecule has 0 spiro atoms. The van der Waals surface area contributed by atoms with Crippen molar-refractivity contribution in [3.63, 3.8) is 0 Å². The molecule has 2 aliphatic rings. The number of benzene rings is 3. The van der Waals surface area contributed by atoms with Crippen LogP contribution >= 0.6 is 23.2 Å². The van der Waals surface area contributed by atoms with Crippen LogP contribution in [0.15, 0.2) is 84.1 Å². The summed E-state index contributed by atoms with van der Waals surface area (Å²) in [5.74, 6) is -0.0475. The summed E-state index contributed by atoms with van der Waals surface area (Å²) in [6.07, 6.45) is 1.32. The SMILES string of the molecule is CC1(C)CC(=O)C2=C(C1)Nc1ccccc1N(C(=O)Cc1ccc(Cl)cc1)C2c1ccc(Cl)cc1. The molecule has 1 heterocycles.